The first-order chi connectivity index (χ1) is 14.2. The van der Waals surface area contributed by atoms with Crippen molar-refractivity contribution in [2.45, 2.75) is 56.7 Å². The molecule has 6 nitrogen and oxygen atoms in total. The second-order valence-electron chi connectivity index (χ2n) is 8.99. The van der Waals surface area contributed by atoms with E-state index in [1.807, 2.05) is 35.5 Å². The van der Waals surface area contributed by atoms with Gasteiger partial charge < -0.3 is 19.9 Å². The van der Waals surface area contributed by atoms with Crippen molar-refractivity contribution < 1.29 is 9.90 Å². The van der Waals surface area contributed by atoms with E-state index in [0.29, 0.717) is 17.9 Å². The lowest BCUT2D eigenvalue weighted by Gasteiger charge is -2.36. The molecule has 6 heteroatoms. The number of amides is 2. The van der Waals surface area contributed by atoms with Crippen molar-refractivity contribution >= 4 is 6.03 Å². The molecule has 1 aromatic carbocycles. The molecule has 0 bridgehead atoms. The zero-order valence-electron chi connectivity index (χ0n) is 16.8. The van der Waals surface area contributed by atoms with E-state index in [1.54, 1.807) is 0 Å². The van der Waals surface area contributed by atoms with Gasteiger partial charge in [-0.3, -0.25) is 0 Å². The molecule has 0 radical (unpaired) electrons. The van der Waals surface area contributed by atoms with Gasteiger partial charge in [-0.15, -0.1) is 0 Å². The standard InChI is InChI=1S/C23H30N4O2/c28-21-13-18-15-26(23(29)25-19-8-4-5-9-19)14-17(18)12-20(21)27-11-10-24-22(27)16-6-2-1-3-7-16/h1-3,6-7,10-11,17-21,28H,4-5,8-9,12-15H2,(H,25,29)/t17-,18+,20-,21-/m0/s1. The Bertz CT molecular complexity index is 846. The van der Waals surface area contributed by atoms with Crippen LogP contribution in [-0.4, -0.2) is 50.8 Å². The summed E-state index contributed by atoms with van der Waals surface area (Å²) in [5.74, 6) is 1.73. The quantitative estimate of drug-likeness (QED) is 0.838. The van der Waals surface area contributed by atoms with Crippen molar-refractivity contribution in [3.8, 4) is 11.4 Å². The van der Waals surface area contributed by atoms with Gasteiger partial charge in [-0.05, 0) is 37.5 Å². The highest BCUT2D eigenvalue weighted by molar-refractivity contribution is 5.75. The predicted molar refractivity (Wildman–Crippen MR) is 111 cm³/mol. The Balaban J connectivity index is 1.29. The van der Waals surface area contributed by atoms with Gasteiger partial charge in [0.15, 0.2) is 0 Å². The molecule has 2 aliphatic carbocycles. The number of carbonyl (C=O) groups excluding carboxylic acids is 1. The van der Waals surface area contributed by atoms with Crippen LogP contribution in [0, 0.1) is 11.8 Å². The van der Waals surface area contributed by atoms with Crippen LogP contribution in [0.3, 0.4) is 0 Å². The highest BCUT2D eigenvalue weighted by Crippen LogP contribution is 2.42. The van der Waals surface area contributed by atoms with E-state index in [-0.39, 0.29) is 12.1 Å². The van der Waals surface area contributed by atoms with E-state index in [9.17, 15) is 9.90 Å². The number of aliphatic hydroxyl groups excluding tert-OH is 1. The van der Waals surface area contributed by atoms with Gasteiger partial charge >= 0.3 is 6.03 Å². The van der Waals surface area contributed by atoms with Gasteiger partial charge in [0.2, 0.25) is 0 Å². The van der Waals surface area contributed by atoms with Crippen LogP contribution in [0.4, 0.5) is 4.79 Å². The Morgan fingerprint density at radius 2 is 1.79 bits per heavy atom. The summed E-state index contributed by atoms with van der Waals surface area (Å²) in [7, 11) is 0. The minimum Gasteiger partial charge on any atom is -0.391 e. The normalized spacial score (nSPS) is 29.8. The maximum Gasteiger partial charge on any atom is 0.317 e. The Kier molecular flexibility index (Phi) is 5.04. The summed E-state index contributed by atoms with van der Waals surface area (Å²) >= 11 is 0. The molecule has 1 aromatic heterocycles. The number of aromatic nitrogens is 2. The predicted octanol–water partition coefficient (Wildman–Crippen LogP) is 3.45. The number of nitrogens with one attached hydrogen (secondary N) is 1. The lowest BCUT2D eigenvalue weighted by molar-refractivity contribution is 0.0365. The largest absolute Gasteiger partial charge is 0.391 e. The second-order valence-corrected chi connectivity index (χ2v) is 8.99. The summed E-state index contributed by atoms with van der Waals surface area (Å²) in [5, 5.41) is 14.2. The average Bonchev–Trinajstić information content (AvgIpc) is 3.48. The van der Waals surface area contributed by atoms with Gasteiger partial charge in [0, 0.05) is 37.1 Å². The summed E-state index contributed by atoms with van der Waals surface area (Å²) in [6.07, 6.45) is 9.67. The summed E-state index contributed by atoms with van der Waals surface area (Å²) in [6, 6.07) is 10.6. The number of hydrogen-bond acceptors (Lipinski definition) is 3. The summed E-state index contributed by atoms with van der Waals surface area (Å²) in [6.45, 7) is 1.56. The first-order valence-electron chi connectivity index (χ1n) is 11.0. The van der Waals surface area contributed by atoms with E-state index in [2.05, 4.69) is 27.0 Å². The Labute approximate surface area is 171 Å². The van der Waals surface area contributed by atoms with E-state index >= 15 is 0 Å². The zero-order chi connectivity index (χ0) is 19.8. The third kappa shape index (κ3) is 3.66. The maximum absolute atomic E-state index is 12.7. The Morgan fingerprint density at radius 3 is 2.55 bits per heavy atom. The number of fused-ring (bicyclic) bond motifs is 1. The third-order valence-corrected chi connectivity index (χ3v) is 7.14. The number of likely N-dealkylation sites (tertiary alicyclic amines) is 1. The number of benzene rings is 1. The van der Waals surface area contributed by atoms with Crippen molar-refractivity contribution in [1.82, 2.24) is 19.8 Å². The number of aliphatic hydroxyl groups is 1. The molecular formula is C23H30N4O2. The fourth-order valence-corrected chi connectivity index (χ4v) is 5.60. The highest BCUT2D eigenvalue weighted by atomic mass is 16.3. The monoisotopic (exact) mass is 394 g/mol. The van der Waals surface area contributed by atoms with Gasteiger partial charge in [0.1, 0.15) is 5.82 Å². The van der Waals surface area contributed by atoms with Crippen molar-refractivity contribution in [2.24, 2.45) is 11.8 Å². The van der Waals surface area contributed by atoms with Crippen molar-refractivity contribution in [3.05, 3.63) is 42.7 Å². The molecule has 5 rings (SSSR count). The van der Waals surface area contributed by atoms with Gasteiger partial charge in [-0.2, -0.15) is 0 Å². The summed E-state index contributed by atoms with van der Waals surface area (Å²) in [5.41, 5.74) is 1.07. The third-order valence-electron chi connectivity index (χ3n) is 7.14. The minimum atomic E-state index is -0.411. The smallest absolute Gasteiger partial charge is 0.317 e. The second kappa shape index (κ2) is 7.82. The number of hydrogen-bond donors (Lipinski definition) is 2. The fourth-order valence-electron chi connectivity index (χ4n) is 5.60. The van der Waals surface area contributed by atoms with Crippen molar-refractivity contribution in [2.75, 3.05) is 13.1 Å². The van der Waals surface area contributed by atoms with Crippen LogP contribution in [0.15, 0.2) is 42.7 Å². The molecule has 4 atom stereocenters. The molecule has 2 heterocycles. The van der Waals surface area contributed by atoms with Crippen LogP contribution in [-0.2, 0) is 0 Å². The molecule has 2 saturated carbocycles. The van der Waals surface area contributed by atoms with Crippen LogP contribution in [0.2, 0.25) is 0 Å². The molecule has 3 aliphatic rings. The van der Waals surface area contributed by atoms with Gasteiger partial charge in [-0.1, -0.05) is 43.2 Å². The van der Waals surface area contributed by atoms with Crippen molar-refractivity contribution in [1.29, 1.82) is 0 Å². The maximum atomic E-state index is 12.7. The first-order valence-corrected chi connectivity index (χ1v) is 11.0. The van der Waals surface area contributed by atoms with Crippen LogP contribution in [0.25, 0.3) is 11.4 Å². The molecule has 154 valence electrons. The van der Waals surface area contributed by atoms with E-state index in [1.165, 1.54) is 12.8 Å². The molecule has 29 heavy (non-hydrogen) atoms. The molecule has 2 N–H and O–H groups in total. The Hall–Kier alpha value is -2.34. The molecule has 0 spiro atoms. The van der Waals surface area contributed by atoms with Gasteiger partial charge in [-0.25, -0.2) is 9.78 Å². The zero-order valence-corrected chi connectivity index (χ0v) is 16.8. The van der Waals surface area contributed by atoms with E-state index in [0.717, 1.165) is 50.2 Å². The SMILES string of the molecule is O=C(NC1CCCC1)N1C[C@H]2C[C@H](O)[C@@H](n3ccnc3-c3ccccc3)C[C@H]2C1. The van der Waals surface area contributed by atoms with Crippen LogP contribution in [0.5, 0.6) is 0 Å². The van der Waals surface area contributed by atoms with Crippen LogP contribution >= 0.6 is 0 Å². The first kappa shape index (κ1) is 18.7. The van der Waals surface area contributed by atoms with Gasteiger partial charge in [0.05, 0.1) is 12.1 Å². The minimum absolute atomic E-state index is 0.00630. The number of urea groups is 1. The van der Waals surface area contributed by atoms with Crippen molar-refractivity contribution in [3.63, 3.8) is 0 Å². The summed E-state index contributed by atoms with van der Waals surface area (Å²) < 4.78 is 2.14. The topological polar surface area (TPSA) is 70.4 Å². The number of carbonyl (C=O) groups is 1. The Morgan fingerprint density at radius 1 is 1.07 bits per heavy atom. The lowest BCUT2D eigenvalue weighted by Crippen LogP contribution is -2.43. The fraction of sp³-hybridized carbons (Fsp3) is 0.565. The summed E-state index contributed by atoms with van der Waals surface area (Å²) in [4.78, 5) is 19.3. The van der Waals surface area contributed by atoms with Crippen LogP contribution < -0.4 is 5.32 Å². The molecule has 3 fully saturated rings. The molecule has 1 aliphatic heterocycles. The van der Waals surface area contributed by atoms with Gasteiger partial charge in [0.25, 0.3) is 0 Å². The van der Waals surface area contributed by atoms with E-state index in [4.69, 9.17) is 0 Å². The molecule has 1 saturated heterocycles. The number of imidazole rings is 1. The average molecular weight is 395 g/mol. The number of nitrogens with zero attached hydrogens (tertiary/aromatic N) is 3. The van der Waals surface area contributed by atoms with Crippen LogP contribution in [0.1, 0.15) is 44.6 Å². The lowest BCUT2D eigenvalue weighted by atomic mass is 9.77. The highest BCUT2D eigenvalue weighted by Gasteiger charge is 2.44. The van der Waals surface area contributed by atoms with E-state index < -0.39 is 6.10 Å². The molecule has 2 amide bonds. The number of rotatable bonds is 3. The molecular weight excluding hydrogens is 364 g/mol. The molecule has 0 unspecified atom stereocenters. The molecule has 2 aromatic rings.